The average Bonchev–Trinajstić information content (AvgIpc) is 3.20. The van der Waals surface area contributed by atoms with E-state index in [1.54, 1.807) is 18.2 Å². The van der Waals surface area contributed by atoms with E-state index in [4.69, 9.17) is 4.52 Å². The lowest BCUT2D eigenvalue weighted by atomic mass is 10.2. The van der Waals surface area contributed by atoms with Crippen molar-refractivity contribution < 1.29 is 9.32 Å². The summed E-state index contributed by atoms with van der Waals surface area (Å²) in [4.78, 5) is 33.1. The molecule has 2 heterocycles. The summed E-state index contributed by atoms with van der Waals surface area (Å²) >= 11 is 0. The van der Waals surface area contributed by atoms with E-state index in [2.05, 4.69) is 20.4 Å². The second-order valence-electron chi connectivity index (χ2n) is 6.17. The maximum absolute atomic E-state index is 12.4. The number of hydrogen-bond acceptors (Lipinski definition) is 6. The van der Waals surface area contributed by atoms with Gasteiger partial charge in [0.25, 0.3) is 5.56 Å². The molecule has 0 radical (unpaired) electrons. The number of para-hydroxylation sites is 1. The Bertz CT molecular complexity index is 1170. The molecule has 8 heteroatoms. The van der Waals surface area contributed by atoms with E-state index in [1.807, 2.05) is 36.4 Å². The molecular formula is C20H17N5O3. The van der Waals surface area contributed by atoms with Gasteiger partial charge in [0.1, 0.15) is 6.54 Å². The van der Waals surface area contributed by atoms with Crippen LogP contribution in [0.3, 0.4) is 0 Å². The van der Waals surface area contributed by atoms with Crippen LogP contribution in [0.1, 0.15) is 5.89 Å². The van der Waals surface area contributed by atoms with Crippen LogP contribution in [0.4, 0.5) is 0 Å². The van der Waals surface area contributed by atoms with E-state index in [1.165, 1.54) is 10.9 Å². The average molecular weight is 375 g/mol. The Kier molecular flexibility index (Phi) is 4.92. The highest BCUT2D eigenvalue weighted by molar-refractivity contribution is 5.78. The molecule has 0 aliphatic rings. The highest BCUT2D eigenvalue weighted by Gasteiger charge is 2.10. The molecule has 0 saturated carbocycles. The molecule has 0 unspecified atom stereocenters. The topological polar surface area (TPSA) is 103 Å². The van der Waals surface area contributed by atoms with Crippen molar-refractivity contribution in [2.45, 2.75) is 13.0 Å². The molecule has 4 rings (SSSR count). The second-order valence-corrected chi connectivity index (χ2v) is 6.17. The van der Waals surface area contributed by atoms with E-state index in [0.29, 0.717) is 35.6 Å². The molecular weight excluding hydrogens is 358 g/mol. The molecule has 8 nitrogen and oxygen atoms in total. The van der Waals surface area contributed by atoms with Crippen molar-refractivity contribution in [3.05, 3.63) is 77.2 Å². The molecule has 2 aromatic carbocycles. The molecule has 0 aliphatic carbocycles. The van der Waals surface area contributed by atoms with Crippen LogP contribution in [-0.4, -0.2) is 32.1 Å². The van der Waals surface area contributed by atoms with Gasteiger partial charge in [-0.25, -0.2) is 4.98 Å². The summed E-state index contributed by atoms with van der Waals surface area (Å²) in [6, 6.07) is 16.5. The minimum Gasteiger partial charge on any atom is -0.354 e. The standard InChI is InChI=1S/C20H17N5O3/c26-17(12-25-13-22-16-9-5-4-8-15(16)20(25)27)21-11-10-18-23-19(24-28-18)14-6-2-1-3-7-14/h1-9,13H,10-12H2,(H,21,26). The van der Waals surface area contributed by atoms with Gasteiger partial charge in [-0.05, 0) is 12.1 Å². The third-order valence-electron chi connectivity index (χ3n) is 4.21. The van der Waals surface area contributed by atoms with Gasteiger partial charge in [-0.15, -0.1) is 0 Å². The Hall–Kier alpha value is -3.81. The lowest BCUT2D eigenvalue weighted by Crippen LogP contribution is -2.33. The van der Waals surface area contributed by atoms with Crippen molar-refractivity contribution in [2.75, 3.05) is 6.54 Å². The monoisotopic (exact) mass is 375 g/mol. The first-order valence-corrected chi connectivity index (χ1v) is 8.79. The van der Waals surface area contributed by atoms with E-state index in [0.717, 1.165) is 5.56 Å². The third-order valence-corrected chi connectivity index (χ3v) is 4.21. The van der Waals surface area contributed by atoms with E-state index in [9.17, 15) is 9.59 Å². The van der Waals surface area contributed by atoms with Gasteiger partial charge in [0.05, 0.1) is 17.2 Å². The van der Waals surface area contributed by atoms with Crippen molar-refractivity contribution >= 4 is 16.8 Å². The summed E-state index contributed by atoms with van der Waals surface area (Å²) in [6.07, 6.45) is 1.78. The van der Waals surface area contributed by atoms with Crippen molar-refractivity contribution in [3.63, 3.8) is 0 Å². The normalized spacial score (nSPS) is 10.9. The van der Waals surface area contributed by atoms with Crippen molar-refractivity contribution in [1.29, 1.82) is 0 Å². The molecule has 28 heavy (non-hydrogen) atoms. The molecule has 140 valence electrons. The molecule has 0 bridgehead atoms. The number of benzene rings is 2. The van der Waals surface area contributed by atoms with Gasteiger partial charge in [0.2, 0.25) is 17.6 Å². The predicted octanol–water partition coefficient (Wildman–Crippen LogP) is 1.81. The summed E-state index contributed by atoms with van der Waals surface area (Å²) in [5.74, 6) is 0.654. The molecule has 1 N–H and O–H groups in total. The number of carbonyl (C=O) groups is 1. The molecule has 1 amide bonds. The summed E-state index contributed by atoms with van der Waals surface area (Å²) < 4.78 is 6.50. The van der Waals surface area contributed by atoms with Crippen molar-refractivity contribution in [1.82, 2.24) is 25.0 Å². The number of hydrogen-bond donors (Lipinski definition) is 1. The van der Waals surface area contributed by atoms with Crippen LogP contribution in [0.2, 0.25) is 0 Å². The first-order chi connectivity index (χ1) is 13.7. The maximum Gasteiger partial charge on any atom is 0.261 e. The minimum atomic E-state index is -0.290. The smallest absolute Gasteiger partial charge is 0.261 e. The number of nitrogens with one attached hydrogen (secondary N) is 1. The fourth-order valence-corrected chi connectivity index (χ4v) is 2.80. The highest BCUT2D eigenvalue weighted by atomic mass is 16.5. The maximum atomic E-state index is 12.4. The zero-order valence-electron chi connectivity index (χ0n) is 14.9. The van der Waals surface area contributed by atoms with E-state index < -0.39 is 0 Å². The van der Waals surface area contributed by atoms with Gasteiger partial charge in [0.15, 0.2) is 0 Å². The predicted molar refractivity (Wildman–Crippen MR) is 102 cm³/mol. The largest absolute Gasteiger partial charge is 0.354 e. The molecule has 0 saturated heterocycles. The first kappa shape index (κ1) is 17.6. The van der Waals surface area contributed by atoms with Crippen molar-refractivity contribution in [2.24, 2.45) is 0 Å². The molecule has 0 atom stereocenters. The molecule has 0 spiro atoms. The van der Waals surface area contributed by atoms with Gasteiger partial charge in [-0.1, -0.05) is 47.6 Å². The lowest BCUT2D eigenvalue weighted by Gasteiger charge is -2.07. The first-order valence-electron chi connectivity index (χ1n) is 8.79. The second kappa shape index (κ2) is 7.83. The number of nitrogens with zero attached hydrogens (tertiary/aromatic N) is 4. The molecule has 2 aromatic heterocycles. The zero-order valence-corrected chi connectivity index (χ0v) is 14.9. The summed E-state index contributed by atoms with van der Waals surface area (Å²) in [6.45, 7) is 0.223. The van der Waals surface area contributed by atoms with Crippen LogP contribution < -0.4 is 10.9 Å². The highest BCUT2D eigenvalue weighted by Crippen LogP contribution is 2.14. The number of carbonyl (C=O) groups excluding carboxylic acids is 1. The van der Waals surface area contributed by atoms with Gasteiger partial charge in [-0.2, -0.15) is 4.98 Å². The van der Waals surface area contributed by atoms with E-state index >= 15 is 0 Å². The third kappa shape index (κ3) is 3.80. The van der Waals surface area contributed by atoms with Crippen LogP contribution in [0.25, 0.3) is 22.3 Å². The zero-order chi connectivity index (χ0) is 19.3. The molecule has 0 aliphatic heterocycles. The molecule has 4 aromatic rings. The fourth-order valence-electron chi connectivity index (χ4n) is 2.80. The summed E-state index contributed by atoms with van der Waals surface area (Å²) in [5.41, 5.74) is 1.23. The summed E-state index contributed by atoms with van der Waals surface area (Å²) in [5, 5.41) is 7.17. The van der Waals surface area contributed by atoms with Crippen molar-refractivity contribution in [3.8, 4) is 11.4 Å². The Morgan fingerprint density at radius 2 is 1.86 bits per heavy atom. The minimum absolute atomic E-state index is 0.101. The SMILES string of the molecule is O=C(Cn1cnc2ccccc2c1=O)NCCc1nc(-c2ccccc2)no1. The fraction of sp³-hybridized carbons (Fsp3) is 0.150. The Balaban J connectivity index is 1.34. The van der Waals surface area contributed by atoms with Crippen LogP contribution >= 0.6 is 0 Å². The lowest BCUT2D eigenvalue weighted by molar-refractivity contribution is -0.121. The quantitative estimate of drug-likeness (QED) is 0.551. The number of aromatic nitrogens is 4. The van der Waals surface area contributed by atoms with Gasteiger partial charge >= 0.3 is 0 Å². The van der Waals surface area contributed by atoms with Crippen LogP contribution in [0.5, 0.6) is 0 Å². The van der Waals surface area contributed by atoms with Crippen LogP contribution in [0, 0.1) is 0 Å². The van der Waals surface area contributed by atoms with E-state index in [-0.39, 0.29) is 18.0 Å². The number of rotatable bonds is 6. The van der Waals surface area contributed by atoms with Gasteiger partial charge in [0, 0.05) is 18.5 Å². The van der Waals surface area contributed by atoms with Crippen LogP contribution in [-0.2, 0) is 17.8 Å². The number of fused-ring (bicyclic) bond motifs is 1. The molecule has 0 fully saturated rings. The Morgan fingerprint density at radius 1 is 1.07 bits per heavy atom. The van der Waals surface area contributed by atoms with Gasteiger partial charge < -0.3 is 9.84 Å². The summed E-state index contributed by atoms with van der Waals surface area (Å²) in [7, 11) is 0. The van der Waals surface area contributed by atoms with Gasteiger partial charge in [-0.3, -0.25) is 14.2 Å². The Morgan fingerprint density at radius 3 is 2.71 bits per heavy atom. The Labute approximate surface area is 159 Å². The number of amides is 1. The van der Waals surface area contributed by atoms with Crippen LogP contribution in [0.15, 0.2) is 70.2 Å².